The third kappa shape index (κ3) is 14.9. The van der Waals surface area contributed by atoms with Crippen LogP contribution in [0.15, 0.2) is 231 Å². The Hall–Kier alpha value is -9.86. The van der Waals surface area contributed by atoms with E-state index in [2.05, 4.69) is 197 Å². The Bertz CT molecular complexity index is 6110. The predicted octanol–water partition coefficient (Wildman–Crippen LogP) is 28.0. The molecule has 0 saturated heterocycles. The molecule has 0 bridgehead atoms. The summed E-state index contributed by atoms with van der Waals surface area (Å²) in [6.07, 6.45) is 3.58. The van der Waals surface area contributed by atoms with Gasteiger partial charge in [0.25, 0.3) is 0 Å². The molecule has 6 atom stereocenters. The smallest absolute Gasteiger partial charge is 0.453 e. The Balaban J connectivity index is 0.000000135. The van der Waals surface area contributed by atoms with Gasteiger partial charge in [-0.1, -0.05) is 183 Å². The maximum atomic E-state index is 10.2. The van der Waals surface area contributed by atoms with Crippen LogP contribution in [0.5, 0.6) is 17.2 Å². The molecule has 3 aromatic heterocycles. The fraction of sp³-hybridized carbons (Fsp3) is 0.261. The Morgan fingerprint density at radius 3 is 1.33 bits per heavy atom. The first-order valence-corrected chi connectivity index (χ1v) is 39.8. The van der Waals surface area contributed by atoms with E-state index in [1.54, 1.807) is 7.11 Å². The molecule has 3 heterocycles. The van der Waals surface area contributed by atoms with Gasteiger partial charge in [0, 0.05) is 70.6 Å². The number of aliphatic hydroxyl groups excluding tert-OH is 2. The number of hydrogen-bond acceptors (Lipinski definition) is 12. The van der Waals surface area contributed by atoms with Crippen molar-refractivity contribution in [2.75, 3.05) is 7.11 Å². The van der Waals surface area contributed by atoms with Crippen molar-refractivity contribution in [3.63, 3.8) is 0 Å². The number of fused-ring (bicyclic) bond motifs is 15. The SMILES string of the molecule is C.COc1cc(C(C)(C)C)c2op(Oc3c4ccccc4cc4ccccc34)oc3ccc4ccccc4c3c2c1.Cc1cc(CO)c2op(OC3CC(C)CCC3C(C)C)oc3cc(C)c(C)cc3c2c1.Cc1cc(CO)c2op(Oc3c4ccccc4cc4ccccc34)oc3cc(C)c(C)cc3c2c1. The van der Waals surface area contributed by atoms with E-state index in [0.29, 0.717) is 34.5 Å². The summed E-state index contributed by atoms with van der Waals surface area (Å²) in [7, 11) is -3.65. The summed E-state index contributed by atoms with van der Waals surface area (Å²) in [6, 6.07) is 70.4. The molecule has 1 saturated carbocycles. The van der Waals surface area contributed by atoms with Crippen molar-refractivity contribution >= 4 is 144 Å². The summed E-state index contributed by atoms with van der Waals surface area (Å²) in [4.78, 5) is 0. The second kappa shape index (κ2) is 30.8. The van der Waals surface area contributed by atoms with Crippen molar-refractivity contribution in [2.24, 2.45) is 17.8 Å². The second-order valence-electron chi connectivity index (χ2n) is 29.9. The molecule has 107 heavy (non-hydrogen) atoms. The lowest BCUT2D eigenvalue weighted by Crippen LogP contribution is -2.35. The van der Waals surface area contributed by atoms with Gasteiger partial charge in [-0.15, -0.1) is 0 Å². The molecule has 12 nitrogen and oxygen atoms in total. The number of rotatable bonds is 10. The third-order valence-electron chi connectivity index (χ3n) is 21.0. The monoisotopic (exact) mass is 1480 g/mol. The summed E-state index contributed by atoms with van der Waals surface area (Å²) in [5.74, 6) is 3.97. The summed E-state index contributed by atoms with van der Waals surface area (Å²) in [5.41, 5.74) is 13.4. The molecule has 1 fully saturated rings. The molecule has 0 amide bonds. The molecule has 13 aromatic carbocycles. The third-order valence-corrected chi connectivity index (χ3v) is 24.1. The summed E-state index contributed by atoms with van der Waals surface area (Å²) in [5, 5.41) is 36.6. The quantitative estimate of drug-likeness (QED) is 0.125. The Labute approximate surface area is 627 Å². The minimum Gasteiger partial charge on any atom is -0.497 e. The first-order chi connectivity index (χ1) is 51.2. The van der Waals surface area contributed by atoms with Crippen LogP contribution in [-0.2, 0) is 18.6 Å². The van der Waals surface area contributed by atoms with Crippen LogP contribution < -0.4 is 18.3 Å². The molecule has 16 aromatic rings. The number of ether oxygens (including phenoxy) is 1. The van der Waals surface area contributed by atoms with E-state index < -0.39 is 24.7 Å². The molecule has 0 aliphatic heterocycles. The van der Waals surface area contributed by atoms with Gasteiger partial charge in [0.1, 0.15) is 33.7 Å². The molecule has 6 unspecified atom stereocenters. The fourth-order valence-electron chi connectivity index (χ4n) is 15.1. The maximum absolute atomic E-state index is 10.2. The molecule has 2 N–H and O–H groups in total. The van der Waals surface area contributed by atoms with Crippen LogP contribution in [0.3, 0.4) is 0 Å². The van der Waals surface area contributed by atoms with Crippen molar-refractivity contribution in [1.29, 1.82) is 0 Å². The Morgan fingerprint density at radius 1 is 0.430 bits per heavy atom. The van der Waals surface area contributed by atoms with Crippen molar-refractivity contribution in [2.45, 2.75) is 135 Å². The van der Waals surface area contributed by atoms with Crippen LogP contribution in [0.4, 0.5) is 0 Å². The van der Waals surface area contributed by atoms with Gasteiger partial charge < -0.3 is 49.2 Å². The average molecular weight is 1480 g/mol. The van der Waals surface area contributed by atoms with Gasteiger partial charge in [-0.25, -0.2) is 0 Å². The Kier molecular flexibility index (Phi) is 21.3. The highest BCUT2D eigenvalue weighted by Gasteiger charge is 2.34. The molecular formula is C92H93O12P3. The van der Waals surface area contributed by atoms with E-state index in [0.717, 1.165) is 166 Å². The highest BCUT2D eigenvalue weighted by molar-refractivity contribution is 7.32. The lowest BCUT2D eigenvalue weighted by atomic mass is 9.75. The summed E-state index contributed by atoms with van der Waals surface area (Å²) < 4.78 is 65.0. The largest absolute Gasteiger partial charge is 0.497 e. The van der Waals surface area contributed by atoms with E-state index >= 15 is 0 Å². The van der Waals surface area contributed by atoms with Crippen LogP contribution in [0.2, 0.25) is 0 Å². The number of aliphatic hydroxyl groups is 2. The minimum atomic E-state index is -1.87. The van der Waals surface area contributed by atoms with Gasteiger partial charge in [-0.05, 0) is 222 Å². The van der Waals surface area contributed by atoms with Crippen molar-refractivity contribution < 1.29 is 53.7 Å². The van der Waals surface area contributed by atoms with Crippen molar-refractivity contribution in [3.8, 4) is 17.2 Å². The topological polar surface area (TPSA) is 156 Å². The standard InChI is InChI=1S/C35H29O4P.C30H25O4P.C26H35O4P.CH4/c1-35(2,3)30-21-25(36-4)20-29-32-26-14-8-5-11-22(26)17-18-31(32)37-40(39-34(29)30)38-33-27-15-9-6-12-23(27)19-24-13-7-10-16-28(24)33;1-18-12-23(17-31)29-27(13-18)26-14-19(2)20(3)15-28(26)32-35(33-29)34-30-24-10-6-4-8-21(24)16-22-9-5-7-11-25(22)30;1-15(2)21-8-7-16(3)11-24(21)28-31-29-25-13-19(6)18(5)12-22(25)23-10-17(4)9-20(14-27)26(23)30-31;/h5-21H,1-4H3;4-16,31H,17H2,1-3H3;9-10,12-13,15-16,21,24,27H,7-8,11,14H2,1-6H3;1H4. The molecule has 15 heteroatoms. The zero-order valence-electron chi connectivity index (χ0n) is 62.3. The van der Waals surface area contributed by atoms with Gasteiger partial charge in [-0.3, -0.25) is 4.52 Å². The van der Waals surface area contributed by atoms with E-state index in [1.165, 1.54) is 24.0 Å². The number of aryl methyl sites for hydroxylation is 6. The normalized spacial score (nSPS) is 15.1. The van der Waals surface area contributed by atoms with E-state index in [4.69, 9.17) is 43.5 Å². The van der Waals surface area contributed by atoms with E-state index in [1.807, 2.05) is 92.7 Å². The van der Waals surface area contributed by atoms with Crippen molar-refractivity contribution in [1.82, 2.24) is 0 Å². The highest BCUT2D eigenvalue weighted by atomic mass is 31.1. The number of benzene rings is 13. The predicted molar refractivity (Wildman–Crippen MR) is 445 cm³/mol. The van der Waals surface area contributed by atoms with E-state index in [9.17, 15) is 10.2 Å². The number of hydrogen-bond donors (Lipinski definition) is 2. The van der Waals surface area contributed by atoms with Crippen LogP contribution >= 0.6 is 24.7 Å². The van der Waals surface area contributed by atoms with Gasteiger partial charge in [0.2, 0.25) is 0 Å². The van der Waals surface area contributed by atoms with Crippen LogP contribution in [0, 0.1) is 59.3 Å². The highest BCUT2D eigenvalue weighted by Crippen LogP contribution is 2.49. The molecule has 17 rings (SSSR count). The van der Waals surface area contributed by atoms with Crippen molar-refractivity contribution in [3.05, 3.63) is 256 Å². The minimum absolute atomic E-state index is 0. The molecule has 1 aliphatic rings. The van der Waals surface area contributed by atoms with Crippen LogP contribution in [0.1, 0.15) is 118 Å². The molecule has 1 aliphatic carbocycles. The molecule has 0 radical (unpaired) electrons. The fourth-order valence-corrected chi connectivity index (χ4v) is 18.7. The zero-order chi connectivity index (χ0) is 73.8. The lowest BCUT2D eigenvalue weighted by molar-refractivity contribution is 0.0746. The zero-order valence-corrected chi connectivity index (χ0v) is 65.0. The maximum Gasteiger partial charge on any atom is 0.453 e. The van der Waals surface area contributed by atoms with Gasteiger partial charge in [0.05, 0.1) is 26.4 Å². The second-order valence-corrected chi connectivity index (χ2v) is 32.9. The summed E-state index contributed by atoms with van der Waals surface area (Å²) >= 11 is 0. The lowest BCUT2D eigenvalue weighted by Gasteiger charge is -2.35. The van der Waals surface area contributed by atoms with Crippen LogP contribution in [0.25, 0.3) is 120 Å². The summed E-state index contributed by atoms with van der Waals surface area (Å²) in [6.45, 7) is 25.6. The number of methoxy groups -OCH3 is 1. The first-order valence-electron chi connectivity index (χ1n) is 36.5. The average Bonchev–Trinajstić information content (AvgIpc) is 1.71. The van der Waals surface area contributed by atoms with Gasteiger partial charge in [-0.2, -0.15) is 0 Å². The molecule has 548 valence electrons. The van der Waals surface area contributed by atoms with Crippen LogP contribution in [-0.4, -0.2) is 23.4 Å². The van der Waals surface area contributed by atoms with Gasteiger partial charge in [0.15, 0.2) is 17.1 Å². The van der Waals surface area contributed by atoms with E-state index in [-0.39, 0.29) is 32.2 Å². The van der Waals surface area contributed by atoms with Gasteiger partial charge >= 0.3 is 24.7 Å². The first kappa shape index (κ1) is 74.0. The molecule has 0 spiro atoms. The Morgan fingerprint density at radius 2 is 0.860 bits per heavy atom. The molecular weight excluding hydrogens is 1390 g/mol.